The molecule has 0 unspecified atom stereocenters. The smallest absolute Gasteiger partial charge is 0.416 e. The van der Waals surface area contributed by atoms with Crippen molar-refractivity contribution in [2.75, 3.05) is 19.5 Å². The summed E-state index contributed by atoms with van der Waals surface area (Å²) in [4.78, 5) is 17.3. The second-order valence-electron chi connectivity index (χ2n) is 7.40. The molecule has 0 radical (unpaired) electrons. The minimum atomic E-state index is -4.58. The Morgan fingerprint density at radius 1 is 0.889 bits per heavy atom. The standard InChI is InChI=1S/C25H17F5N2O3S/c1-34-18-10-9-13(12-19(18)35-2)21-22(14-5-3-6-15(11-14)25(28,29)30)36-24(31-21)32-23(33)20-16(26)7-4-8-17(20)27/h3-12H,1-2H3,(H,31,32,33). The predicted octanol–water partition coefficient (Wildman–Crippen LogP) is 7.04. The number of hydrogen-bond acceptors (Lipinski definition) is 5. The van der Waals surface area contributed by atoms with Crippen LogP contribution in [-0.2, 0) is 6.18 Å². The molecule has 0 fully saturated rings. The number of anilines is 1. The molecule has 4 rings (SSSR count). The van der Waals surface area contributed by atoms with Gasteiger partial charge in [0.25, 0.3) is 5.91 Å². The highest BCUT2D eigenvalue weighted by Gasteiger charge is 2.31. The second-order valence-corrected chi connectivity index (χ2v) is 8.39. The summed E-state index contributed by atoms with van der Waals surface area (Å²) < 4.78 is 78.8. The van der Waals surface area contributed by atoms with Crippen LogP contribution < -0.4 is 14.8 Å². The molecule has 0 aliphatic rings. The van der Waals surface area contributed by atoms with E-state index >= 15 is 0 Å². The fourth-order valence-electron chi connectivity index (χ4n) is 3.46. The van der Waals surface area contributed by atoms with Crippen LogP contribution in [0.3, 0.4) is 0 Å². The molecule has 0 saturated carbocycles. The molecule has 0 aliphatic heterocycles. The maximum Gasteiger partial charge on any atom is 0.416 e. The summed E-state index contributed by atoms with van der Waals surface area (Å²) in [7, 11) is 2.87. The third kappa shape index (κ3) is 5.01. The zero-order valence-electron chi connectivity index (χ0n) is 18.7. The van der Waals surface area contributed by atoms with Crippen molar-refractivity contribution < 1.29 is 36.2 Å². The van der Waals surface area contributed by atoms with Crippen LogP contribution in [0.2, 0.25) is 0 Å². The lowest BCUT2D eigenvalue weighted by atomic mass is 10.0. The summed E-state index contributed by atoms with van der Waals surface area (Å²) in [6.45, 7) is 0. The molecule has 0 spiro atoms. The second kappa shape index (κ2) is 9.94. The number of alkyl halides is 3. The summed E-state index contributed by atoms with van der Waals surface area (Å²) >= 11 is 0.858. The normalized spacial score (nSPS) is 11.3. The largest absolute Gasteiger partial charge is 0.493 e. The van der Waals surface area contributed by atoms with E-state index in [1.165, 1.54) is 26.4 Å². The molecule has 0 saturated heterocycles. The third-order valence-electron chi connectivity index (χ3n) is 5.15. The highest BCUT2D eigenvalue weighted by atomic mass is 32.1. The number of halogens is 5. The fourth-order valence-corrected chi connectivity index (χ4v) is 4.44. The van der Waals surface area contributed by atoms with Crippen molar-refractivity contribution in [3.8, 4) is 33.2 Å². The monoisotopic (exact) mass is 520 g/mol. The van der Waals surface area contributed by atoms with Gasteiger partial charge < -0.3 is 9.47 Å². The highest BCUT2D eigenvalue weighted by molar-refractivity contribution is 7.19. The molecule has 0 bridgehead atoms. The first kappa shape index (κ1) is 25.1. The number of carbonyl (C=O) groups excluding carboxylic acids is 1. The molecule has 1 N–H and O–H groups in total. The van der Waals surface area contributed by atoms with Crippen LogP contribution in [0.5, 0.6) is 11.5 Å². The van der Waals surface area contributed by atoms with E-state index in [0.717, 1.165) is 41.7 Å². The molecule has 36 heavy (non-hydrogen) atoms. The van der Waals surface area contributed by atoms with Gasteiger partial charge in [-0.15, -0.1) is 0 Å². The molecular formula is C25H17F5N2O3S. The van der Waals surface area contributed by atoms with E-state index in [1.54, 1.807) is 18.2 Å². The number of benzene rings is 3. The number of hydrogen-bond donors (Lipinski definition) is 1. The van der Waals surface area contributed by atoms with Gasteiger partial charge in [0.15, 0.2) is 16.6 Å². The van der Waals surface area contributed by atoms with E-state index < -0.39 is 34.8 Å². The van der Waals surface area contributed by atoms with Crippen molar-refractivity contribution >= 4 is 22.4 Å². The quantitative estimate of drug-likeness (QED) is 0.277. The van der Waals surface area contributed by atoms with Crippen molar-refractivity contribution in [1.82, 2.24) is 4.98 Å². The summed E-state index contributed by atoms with van der Waals surface area (Å²) in [5.74, 6) is -2.46. The molecule has 3 aromatic carbocycles. The van der Waals surface area contributed by atoms with Gasteiger partial charge in [-0.2, -0.15) is 13.2 Å². The van der Waals surface area contributed by atoms with Crippen molar-refractivity contribution in [3.63, 3.8) is 0 Å². The Balaban J connectivity index is 1.83. The molecule has 1 heterocycles. The summed E-state index contributed by atoms with van der Waals surface area (Å²) in [6.07, 6.45) is -4.58. The van der Waals surface area contributed by atoms with Gasteiger partial charge in [0.05, 0.1) is 30.4 Å². The Morgan fingerprint density at radius 2 is 1.56 bits per heavy atom. The minimum absolute atomic E-state index is 0.0696. The van der Waals surface area contributed by atoms with Gasteiger partial charge in [-0.1, -0.05) is 29.5 Å². The number of methoxy groups -OCH3 is 2. The lowest BCUT2D eigenvalue weighted by molar-refractivity contribution is -0.137. The topological polar surface area (TPSA) is 60.5 Å². The average Bonchev–Trinajstić information content (AvgIpc) is 3.26. The molecule has 11 heteroatoms. The van der Waals surface area contributed by atoms with E-state index in [1.807, 2.05) is 0 Å². The summed E-state index contributed by atoms with van der Waals surface area (Å²) in [6, 6.07) is 12.4. The zero-order chi connectivity index (χ0) is 26.0. The SMILES string of the molecule is COc1ccc(-c2nc(NC(=O)c3c(F)cccc3F)sc2-c2cccc(C(F)(F)F)c2)cc1OC. The highest BCUT2D eigenvalue weighted by Crippen LogP contribution is 2.43. The van der Waals surface area contributed by atoms with E-state index in [9.17, 15) is 26.7 Å². The van der Waals surface area contributed by atoms with Crippen LogP contribution in [0.1, 0.15) is 15.9 Å². The number of nitrogens with one attached hydrogen (secondary N) is 1. The lowest BCUT2D eigenvalue weighted by Gasteiger charge is -2.11. The Labute approximate surface area is 206 Å². The third-order valence-corrected chi connectivity index (χ3v) is 6.17. The molecule has 186 valence electrons. The van der Waals surface area contributed by atoms with Crippen LogP contribution in [0, 0.1) is 11.6 Å². The number of carbonyl (C=O) groups is 1. The van der Waals surface area contributed by atoms with Crippen LogP contribution in [0.25, 0.3) is 21.7 Å². The van der Waals surface area contributed by atoms with Gasteiger partial charge in [0.1, 0.15) is 17.2 Å². The summed E-state index contributed by atoms with van der Waals surface area (Å²) in [5, 5.41) is 2.28. The molecule has 4 aromatic rings. The zero-order valence-corrected chi connectivity index (χ0v) is 19.6. The Morgan fingerprint density at radius 3 is 2.19 bits per heavy atom. The van der Waals surface area contributed by atoms with E-state index in [-0.39, 0.29) is 21.3 Å². The Kier molecular flexibility index (Phi) is 6.93. The van der Waals surface area contributed by atoms with Crippen LogP contribution in [0.15, 0.2) is 60.7 Å². The summed E-state index contributed by atoms with van der Waals surface area (Å²) in [5.41, 5.74) is -0.810. The Bertz CT molecular complexity index is 1420. The van der Waals surface area contributed by atoms with E-state index in [2.05, 4.69) is 10.3 Å². The van der Waals surface area contributed by atoms with E-state index in [4.69, 9.17) is 9.47 Å². The molecule has 1 aromatic heterocycles. The molecule has 1 amide bonds. The van der Waals surface area contributed by atoms with Crippen LogP contribution in [0.4, 0.5) is 27.1 Å². The Hall–Kier alpha value is -3.99. The van der Waals surface area contributed by atoms with Gasteiger partial charge in [-0.25, -0.2) is 13.8 Å². The fraction of sp³-hybridized carbons (Fsp3) is 0.120. The maximum absolute atomic E-state index is 14.1. The number of thiazole rings is 1. The first-order chi connectivity index (χ1) is 17.1. The maximum atomic E-state index is 14.1. The molecule has 5 nitrogen and oxygen atoms in total. The number of aromatic nitrogens is 1. The number of rotatable bonds is 6. The van der Waals surface area contributed by atoms with Gasteiger partial charge >= 0.3 is 6.18 Å². The predicted molar refractivity (Wildman–Crippen MR) is 125 cm³/mol. The molecule has 0 aliphatic carbocycles. The average molecular weight is 520 g/mol. The van der Waals surface area contributed by atoms with Gasteiger partial charge in [0, 0.05) is 5.56 Å². The van der Waals surface area contributed by atoms with Crippen molar-refractivity contribution in [1.29, 1.82) is 0 Å². The van der Waals surface area contributed by atoms with Gasteiger partial charge in [-0.3, -0.25) is 10.1 Å². The minimum Gasteiger partial charge on any atom is -0.493 e. The first-order valence-electron chi connectivity index (χ1n) is 10.3. The number of ether oxygens (including phenoxy) is 2. The van der Waals surface area contributed by atoms with Crippen molar-refractivity contribution in [3.05, 3.63) is 83.4 Å². The van der Waals surface area contributed by atoms with Crippen molar-refractivity contribution in [2.24, 2.45) is 0 Å². The van der Waals surface area contributed by atoms with E-state index in [0.29, 0.717) is 17.1 Å². The first-order valence-corrected chi connectivity index (χ1v) is 11.1. The molecule has 0 atom stereocenters. The molecular weight excluding hydrogens is 503 g/mol. The number of nitrogens with zero attached hydrogens (tertiary/aromatic N) is 1. The number of amides is 1. The van der Waals surface area contributed by atoms with Gasteiger partial charge in [-0.05, 0) is 48.0 Å². The van der Waals surface area contributed by atoms with Gasteiger partial charge in [0.2, 0.25) is 0 Å². The van der Waals surface area contributed by atoms with Crippen LogP contribution >= 0.6 is 11.3 Å². The van der Waals surface area contributed by atoms with Crippen molar-refractivity contribution in [2.45, 2.75) is 6.18 Å². The van der Waals surface area contributed by atoms with Crippen LogP contribution in [-0.4, -0.2) is 25.1 Å². The lowest BCUT2D eigenvalue weighted by Crippen LogP contribution is -2.15.